The molecule has 2 unspecified atom stereocenters. The lowest BCUT2D eigenvalue weighted by Gasteiger charge is -2.27. The van der Waals surface area contributed by atoms with Crippen LogP contribution in [0.1, 0.15) is 19.8 Å². The number of carboxylic acid groups (broad SMARTS) is 1. The van der Waals surface area contributed by atoms with E-state index in [1.54, 1.807) is 18.2 Å². The van der Waals surface area contributed by atoms with E-state index in [4.69, 9.17) is 0 Å². The number of hydrogen-bond acceptors (Lipinski definition) is 2. The second-order valence-electron chi connectivity index (χ2n) is 4.85. The van der Waals surface area contributed by atoms with E-state index in [2.05, 4.69) is 5.32 Å². The third-order valence-corrected chi connectivity index (χ3v) is 3.46. The van der Waals surface area contributed by atoms with Crippen LogP contribution in [0.15, 0.2) is 42.0 Å². The second-order valence-corrected chi connectivity index (χ2v) is 4.85. The van der Waals surface area contributed by atoms with Gasteiger partial charge in [-0.2, -0.15) is 0 Å². The molecule has 1 amide bonds. The first-order valence-electron chi connectivity index (χ1n) is 6.39. The Bertz CT molecular complexity index is 507. The first kappa shape index (κ1) is 13.3. The monoisotopic (exact) mass is 259 g/mol. The van der Waals surface area contributed by atoms with Gasteiger partial charge in [0.1, 0.15) is 0 Å². The van der Waals surface area contributed by atoms with E-state index in [1.807, 2.05) is 25.1 Å². The van der Waals surface area contributed by atoms with Crippen molar-refractivity contribution in [2.45, 2.75) is 19.8 Å². The third kappa shape index (κ3) is 3.02. The lowest BCUT2D eigenvalue weighted by Crippen LogP contribution is -2.34. The van der Waals surface area contributed by atoms with Crippen LogP contribution in [-0.4, -0.2) is 17.0 Å². The number of carbonyl (C=O) groups is 2. The highest BCUT2D eigenvalue weighted by atomic mass is 16.4. The standard InChI is InChI=1S/C15H17NO3/c1-10-6-5-9-12(15(18)19)13(10)14(17)16-11-7-3-2-4-8-11/h2-4,7-10,13H,5-6H2,1H3,(H,16,17)(H,18,19). The van der Waals surface area contributed by atoms with Crippen LogP contribution in [0.3, 0.4) is 0 Å². The Morgan fingerprint density at radius 3 is 2.58 bits per heavy atom. The van der Waals surface area contributed by atoms with E-state index < -0.39 is 11.9 Å². The van der Waals surface area contributed by atoms with Gasteiger partial charge in [-0.1, -0.05) is 31.2 Å². The Morgan fingerprint density at radius 2 is 1.95 bits per heavy atom. The summed E-state index contributed by atoms with van der Waals surface area (Å²) in [6, 6.07) is 9.09. The van der Waals surface area contributed by atoms with E-state index >= 15 is 0 Å². The molecule has 0 fully saturated rings. The maximum atomic E-state index is 12.3. The Hall–Kier alpha value is -2.10. The minimum absolute atomic E-state index is 0.0415. The van der Waals surface area contributed by atoms with Crippen LogP contribution in [0.4, 0.5) is 5.69 Å². The van der Waals surface area contributed by atoms with Crippen molar-refractivity contribution in [1.29, 1.82) is 0 Å². The zero-order valence-electron chi connectivity index (χ0n) is 10.8. The van der Waals surface area contributed by atoms with Crippen LogP contribution < -0.4 is 5.32 Å². The zero-order chi connectivity index (χ0) is 13.8. The third-order valence-electron chi connectivity index (χ3n) is 3.46. The molecule has 0 aliphatic heterocycles. The van der Waals surface area contributed by atoms with Gasteiger partial charge in [0.2, 0.25) is 5.91 Å². The molecule has 19 heavy (non-hydrogen) atoms. The summed E-state index contributed by atoms with van der Waals surface area (Å²) in [7, 11) is 0. The molecule has 0 saturated heterocycles. The minimum atomic E-state index is -1.00. The van der Waals surface area contributed by atoms with Gasteiger partial charge >= 0.3 is 5.97 Å². The largest absolute Gasteiger partial charge is 0.478 e. The average molecular weight is 259 g/mol. The molecule has 0 heterocycles. The summed E-state index contributed by atoms with van der Waals surface area (Å²) in [5.74, 6) is -1.78. The normalized spacial score (nSPS) is 22.5. The van der Waals surface area contributed by atoms with Crippen LogP contribution in [-0.2, 0) is 9.59 Å². The molecule has 0 radical (unpaired) electrons. The predicted octanol–water partition coefficient (Wildman–Crippen LogP) is 2.68. The molecule has 4 nitrogen and oxygen atoms in total. The van der Waals surface area contributed by atoms with E-state index in [9.17, 15) is 14.7 Å². The second kappa shape index (κ2) is 5.69. The number of allylic oxidation sites excluding steroid dienone is 1. The summed E-state index contributed by atoms with van der Waals surface area (Å²) in [5, 5.41) is 12.0. The number of rotatable bonds is 3. The van der Waals surface area contributed by atoms with Crippen molar-refractivity contribution in [3.63, 3.8) is 0 Å². The fourth-order valence-corrected chi connectivity index (χ4v) is 2.46. The molecule has 1 aliphatic rings. The van der Waals surface area contributed by atoms with E-state index in [1.165, 1.54) is 0 Å². The molecule has 0 spiro atoms. The van der Waals surface area contributed by atoms with Crippen molar-refractivity contribution in [1.82, 2.24) is 0 Å². The Morgan fingerprint density at radius 1 is 1.26 bits per heavy atom. The maximum Gasteiger partial charge on any atom is 0.332 e. The average Bonchev–Trinajstić information content (AvgIpc) is 2.39. The SMILES string of the molecule is CC1CCC=C(C(=O)O)C1C(=O)Nc1ccccc1. The van der Waals surface area contributed by atoms with Gasteiger partial charge in [-0.05, 0) is 30.9 Å². The molecular formula is C15H17NO3. The Labute approximate surface area is 112 Å². The summed E-state index contributed by atoms with van der Waals surface area (Å²) < 4.78 is 0. The fraction of sp³-hybridized carbons (Fsp3) is 0.333. The Kier molecular flexibility index (Phi) is 4.00. The van der Waals surface area contributed by atoms with Crippen molar-refractivity contribution in [2.24, 2.45) is 11.8 Å². The molecule has 2 N–H and O–H groups in total. The number of carboxylic acids is 1. The molecule has 0 bridgehead atoms. The molecule has 2 atom stereocenters. The zero-order valence-corrected chi connectivity index (χ0v) is 10.8. The summed E-state index contributed by atoms with van der Waals surface area (Å²) in [4.78, 5) is 23.5. The van der Waals surface area contributed by atoms with E-state index in [-0.39, 0.29) is 17.4 Å². The van der Waals surface area contributed by atoms with Gasteiger partial charge < -0.3 is 10.4 Å². The molecule has 100 valence electrons. The Balaban J connectivity index is 2.18. The van der Waals surface area contributed by atoms with Crippen molar-refractivity contribution >= 4 is 17.6 Å². The topological polar surface area (TPSA) is 66.4 Å². The number of anilines is 1. The molecular weight excluding hydrogens is 242 g/mol. The lowest BCUT2D eigenvalue weighted by atomic mass is 9.79. The van der Waals surface area contributed by atoms with Crippen LogP contribution in [0.25, 0.3) is 0 Å². The first-order valence-corrected chi connectivity index (χ1v) is 6.39. The minimum Gasteiger partial charge on any atom is -0.478 e. The number of benzene rings is 1. The molecule has 0 aromatic heterocycles. The number of hydrogen-bond donors (Lipinski definition) is 2. The number of carbonyl (C=O) groups excluding carboxylic acids is 1. The molecule has 1 aromatic carbocycles. The smallest absolute Gasteiger partial charge is 0.332 e. The highest BCUT2D eigenvalue weighted by molar-refractivity contribution is 6.01. The fourth-order valence-electron chi connectivity index (χ4n) is 2.46. The van der Waals surface area contributed by atoms with Gasteiger partial charge in [0.15, 0.2) is 0 Å². The van der Waals surface area contributed by atoms with Crippen LogP contribution in [0.2, 0.25) is 0 Å². The van der Waals surface area contributed by atoms with Gasteiger partial charge in [-0.3, -0.25) is 4.79 Å². The van der Waals surface area contributed by atoms with E-state index in [0.717, 1.165) is 12.8 Å². The van der Waals surface area contributed by atoms with Gasteiger partial charge in [0.05, 0.1) is 5.92 Å². The van der Waals surface area contributed by atoms with Gasteiger partial charge in [0, 0.05) is 11.3 Å². The quantitative estimate of drug-likeness (QED) is 0.877. The highest BCUT2D eigenvalue weighted by Crippen LogP contribution is 2.31. The molecule has 1 aromatic rings. The lowest BCUT2D eigenvalue weighted by molar-refractivity contribution is -0.135. The summed E-state index contributed by atoms with van der Waals surface area (Å²) in [6.07, 6.45) is 3.22. The van der Waals surface area contributed by atoms with Crippen LogP contribution in [0, 0.1) is 11.8 Å². The molecule has 2 rings (SSSR count). The number of aliphatic carboxylic acids is 1. The number of amides is 1. The first-order chi connectivity index (χ1) is 9.09. The molecule has 1 aliphatic carbocycles. The van der Waals surface area contributed by atoms with Crippen molar-refractivity contribution < 1.29 is 14.7 Å². The molecule has 0 saturated carbocycles. The van der Waals surface area contributed by atoms with Crippen molar-refractivity contribution in [3.05, 3.63) is 42.0 Å². The van der Waals surface area contributed by atoms with Gasteiger partial charge in [0.25, 0.3) is 0 Å². The number of para-hydroxylation sites is 1. The van der Waals surface area contributed by atoms with Gasteiger partial charge in [-0.15, -0.1) is 0 Å². The van der Waals surface area contributed by atoms with Crippen LogP contribution in [0.5, 0.6) is 0 Å². The molecule has 4 heteroatoms. The number of nitrogens with one attached hydrogen (secondary N) is 1. The highest BCUT2D eigenvalue weighted by Gasteiger charge is 2.34. The summed E-state index contributed by atoms with van der Waals surface area (Å²) >= 11 is 0. The van der Waals surface area contributed by atoms with Crippen LogP contribution >= 0.6 is 0 Å². The van der Waals surface area contributed by atoms with Crippen molar-refractivity contribution in [2.75, 3.05) is 5.32 Å². The van der Waals surface area contributed by atoms with Gasteiger partial charge in [-0.25, -0.2) is 4.79 Å². The maximum absolute atomic E-state index is 12.3. The predicted molar refractivity (Wildman–Crippen MR) is 72.7 cm³/mol. The van der Waals surface area contributed by atoms with E-state index in [0.29, 0.717) is 5.69 Å². The summed E-state index contributed by atoms with van der Waals surface area (Å²) in [6.45, 7) is 1.92. The summed E-state index contributed by atoms with van der Waals surface area (Å²) in [5.41, 5.74) is 0.905. The van der Waals surface area contributed by atoms with Crippen molar-refractivity contribution in [3.8, 4) is 0 Å².